The molecule has 0 aliphatic rings. The second-order valence-corrected chi connectivity index (χ2v) is 5.54. The summed E-state index contributed by atoms with van der Waals surface area (Å²) < 4.78 is 0. The van der Waals surface area contributed by atoms with Crippen molar-refractivity contribution in [2.24, 2.45) is 0 Å². The van der Waals surface area contributed by atoms with Crippen LogP contribution in [0.1, 0.15) is 31.9 Å². The van der Waals surface area contributed by atoms with Gasteiger partial charge in [0.2, 0.25) is 0 Å². The first-order chi connectivity index (χ1) is 7.88. The molecule has 0 fully saturated rings. The van der Waals surface area contributed by atoms with Gasteiger partial charge in [0.05, 0.1) is 6.20 Å². The molecule has 0 saturated heterocycles. The highest BCUT2D eigenvalue weighted by atomic mass is 15.1. The second-order valence-electron chi connectivity index (χ2n) is 5.54. The number of aromatic amines is 1. The van der Waals surface area contributed by atoms with Gasteiger partial charge < -0.3 is 5.73 Å². The second kappa shape index (κ2) is 3.91. The maximum atomic E-state index is 5.86. The highest BCUT2D eigenvalue weighted by Gasteiger charge is 2.16. The molecule has 2 rings (SSSR count). The van der Waals surface area contributed by atoms with Crippen molar-refractivity contribution in [1.29, 1.82) is 0 Å². The number of benzene rings is 1. The van der Waals surface area contributed by atoms with Gasteiger partial charge in [-0.05, 0) is 23.5 Å². The summed E-state index contributed by atoms with van der Waals surface area (Å²) in [6.45, 7) is 8.74. The van der Waals surface area contributed by atoms with Crippen molar-refractivity contribution in [3.8, 4) is 11.1 Å². The standard InChI is InChI=1S/C14H19N3/c1-9-5-10(12-8-16-17-13(12)15)7-11(6-9)14(2,3)4/h5-8H,1-4H3,(H3,15,16,17). The molecule has 2 aromatic rings. The van der Waals surface area contributed by atoms with Gasteiger partial charge in [-0.25, -0.2) is 0 Å². The first kappa shape index (κ1) is 11.7. The van der Waals surface area contributed by atoms with Crippen molar-refractivity contribution in [2.45, 2.75) is 33.1 Å². The topological polar surface area (TPSA) is 54.7 Å². The van der Waals surface area contributed by atoms with Crippen LogP contribution in [0.25, 0.3) is 11.1 Å². The van der Waals surface area contributed by atoms with Crippen molar-refractivity contribution in [3.63, 3.8) is 0 Å². The molecular weight excluding hydrogens is 210 g/mol. The minimum Gasteiger partial charge on any atom is -0.384 e. The van der Waals surface area contributed by atoms with Gasteiger partial charge in [-0.1, -0.05) is 44.5 Å². The van der Waals surface area contributed by atoms with Gasteiger partial charge in [0.25, 0.3) is 0 Å². The Morgan fingerprint density at radius 3 is 2.41 bits per heavy atom. The summed E-state index contributed by atoms with van der Waals surface area (Å²) in [4.78, 5) is 0. The van der Waals surface area contributed by atoms with E-state index in [9.17, 15) is 0 Å². The molecule has 0 spiro atoms. The molecule has 0 aliphatic carbocycles. The molecule has 17 heavy (non-hydrogen) atoms. The van der Waals surface area contributed by atoms with E-state index in [0.29, 0.717) is 5.82 Å². The summed E-state index contributed by atoms with van der Waals surface area (Å²) in [6.07, 6.45) is 1.77. The van der Waals surface area contributed by atoms with E-state index in [1.165, 1.54) is 11.1 Å². The molecule has 1 aromatic carbocycles. The number of aryl methyl sites for hydroxylation is 1. The van der Waals surface area contributed by atoms with Crippen LogP contribution in [0.4, 0.5) is 5.82 Å². The van der Waals surface area contributed by atoms with Crippen molar-refractivity contribution in [3.05, 3.63) is 35.5 Å². The molecule has 0 radical (unpaired) electrons. The van der Waals surface area contributed by atoms with Crippen LogP contribution in [-0.4, -0.2) is 10.2 Å². The molecule has 0 aliphatic heterocycles. The average Bonchev–Trinajstić information content (AvgIpc) is 2.62. The lowest BCUT2D eigenvalue weighted by molar-refractivity contribution is 0.590. The van der Waals surface area contributed by atoms with Crippen LogP contribution in [0.3, 0.4) is 0 Å². The summed E-state index contributed by atoms with van der Waals surface area (Å²) in [7, 11) is 0. The summed E-state index contributed by atoms with van der Waals surface area (Å²) >= 11 is 0. The van der Waals surface area contributed by atoms with Crippen LogP contribution in [0.15, 0.2) is 24.4 Å². The number of nitrogens with zero attached hydrogens (tertiary/aromatic N) is 1. The van der Waals surface area contributed by atoms with Gasteiger partial charge in [-0.3, -0.25) is 5.10 Å². The summed E-state index contributed by atoms with van der Waals surface area (Å²) in [5.41, 5.74) is 10.7. The molecule has 0 amide bonds. The lowest BCUT2D eigenvalue weighted by Gasteiger charge is -2.20. The van der Waals surface area contributed by atoms with Crippen LogP contribution in [0.2, 0.25) is 0 Å². The Bertz CT molecular complexity index is 533. The predicted molar refractivity (Wildman–Crippen MR) is 71.9 cm³/mol. The molecule has 0 bridgehead atoms. The van der Waals surface area contributed by atoms with Gasteiger partial charge in [-0.15, -0.1) is 0 Å². The number of nitrogens with two attached hydrogens (primary N) is 1. The molecule has 3 N–H and O–H groups in total. The van der Waals surface area contributed by atoms with Gasteiger partial charge >= 0.3 is 0 Å². The first-order valence-corrected chi connectivity index (χ1v) is 5.79. The average molecular weight is 229 g/mol. The van der Waals surface area contributed by atoms with E-state index in [1.54, 1.807) is 6.20 Å². The molecule has 1 aromatic heterocycles. The third-order valence-electron chi connectivity index (χ3n) is 2.92. The SMILES string of the molecule is Cc1cc(-c2cn[nH]c2N)cc(C(C)(C)C)c1. The van der Waals surface area contributed by atoms with Crippen LogP contribution < -0.4 is 5.73 Å². The zero-order chi connectivity index (χ0) is 12.6. The molecule has 3 heteroatoms. The Morgan fingerprint density at radius 2 is 1.88 bits per heavy atom. The number of aromatic nitrogens is 2. The van der Waals surface area contributed by atoms with Gasteiger partial charge in [0, 0.05) is 5.56 Å². The van der Waals surface area contributed by atoms with E-state index in [4.69, 9.17) is 5.73 Å². The highest BCUT2D eigenvalue weighted by Crippen LogP contribution is 2.30. The normalized spacial score (nSPS) is 11.8. The van der Waals surface area contributed by atoms with Crippen LogP contribution in [-0.2, 0) is 5.41 Å². The number of hydrogen-bond acceptors (Lipinski definition) is 2. The Morgan fingerprint density at radius 1 is 1.18 bits per heavy atom. The van der Waals surface area contributed by atoms with E-state index < -0.39 is 0 Å². The molecule has 0 atom stereocenters. The largest absolute Gasteiger partial charge is 0.384 e. The Balaban J connectivity index is 2.57. The van der Waals surface area contributed by atoms with Gasteiger partial charge in [0.1, 0.15) is 5.82 Å². The van der Waals surface area contributed by atoms with Crippen LogP contribution in [0, 0.1) is 6.92 Å². The summed E-state index contributed by atoms with van der Waals surface area (Å²) in [5, 5.41) is 6.74. The number of rotatable bonds is 1. The maximum absolute atomic E-state index is 5.86. The summed E-state index contributed by atoms with van der Waals surface area (Å²) in [6, 6.07) is 6.55. The van der Waals surface area contributed by atoms with Gasteiger partial charge in [0.15, 0.2) is 0 Å². The van der Waals surface area contributed by atoms with E-state index in [0.717, 1.165) is 11.1 Å². The van der Waals surface area contributed by atoms with E-state index in [1.807, 2.05) is 0 Å². The van der Waals surface area contributed by atoms with Crippen molar-refractivity contribution in [2.75, 3.05) is 5.73 Å². The van der Waals surface area contributed by atoms with E-state index in [-0.39, 0.29) is 5.41 Å². The monoisotopic (exact) mass is 229 g/mol. The van der Waals surface area contributed by atoms with Crippen molar-refractivity contribution >= 4 is 5.82 Å². The van der Waals surface area contributed by atoms with E-state index in [2.05, 4.69) is 56.1 Å². The number of H-pyrrole nitrogens is 1. The number of nitrogen functional groups attached to an aromatic ring is 1. The fourth-order valence-corrected chi connectivity index (χ4v) is 1.90. The van der Waals surface area contributed by atoms with Gasteiger partial charge in [-0.2, -0.15) is 5.10 Å². The van der Waals surface area contributed by atoms with E-state index >= 15 is 0 Å². The third-order valence-corrected chi connectivity index (χ3v) is 2.92. The molecule has 0 unspecified atom stereocenters. The first-order valence-electron chi connectivity index (χ1n) is 5.79. The quantitative estimate of drug-likeness (QED) is 0.788. The van der Waals surface area contributed by atoms with Crippen molar-refractivity contribution in [1.82, 2.24) is 10.2 Å². The fourth-order valence-electron chi connectivity index (χ4n) is 1.90. The lowest BCUT2D eigenvalue weighted by atomic mass is 9.84. The Kier molecular flexibility index (Phi) is 2.69. The molecule has 1 heterocycles. The molecule has 3 nitrogen and oxygen atoms in total. The minimum atomic E-state index is 0.138. The number of hydrogen-bond donors (Lipinski definition) is 2. The zero-order valence-electron chi connectivity index (χ0n) is 10.8. The fraction of sp³-hybridized carbons (Fsp3) is 0.357. The minimum absolute atomic E-state index is 0.138. The smallest absolute Gasteiger partial charge is 0.126 e. The van der Waals surface area contributed by atoms with Crippen molar-refractivity contribution < 1.29 is 0 Å². The number of anilines is 1. The molecule has 0 saturated carbocycles. The summed E-state index contributed by atoms with van der Waals surface area (Å²) in [5.74, 6) is 0.621. The number of nitrogens with one attached hydrogen (secondary N) is 1. The molecular formula is C14H19N3. The lowest BCUT2D eigenvalue weighted by Crippen LogP contribution is -2.11. The third kappa shape index (κ3) is 2.33. The Hall–Kier alpha value is -1.77. The highest BCUT2D eigenvalue weighted by molar-refractivity contribution is 5.74. The molecule has 90 valence electrons. The van der Waals surface area contributed by atoms with Crippen LogP contribution in [0.5, 0.6) is 0 Å². The zero-order valence-corrected chi connectivity index (χ0v) is 10.8. The maximum Gasteiger partial charge on any atom is 0.126 e. The predicted octanol–water partition coefficient (Wildman–Crippen LogP) is 3.26. The van der Waals surface area contributed by atoms with Crippen LogP contribution >= 0.6 is 0 Å². The Labute approximate surface area is 102 Å².